The maximum atomic E-state index is 12.5. The highest BCUT2D eigenvalue weighted by atomic mass is 32.2. The predicted octanol–water partition coefficient (Wildman–Crippen LogP) is 2.50. The molecule has 0 bridgehead atoms. The molecule has 2 N–H and O–H groups in total. The van der Waals surface area contributed by atoms with E-state index in [-0.39, 0.29) is 5.91 Å². The van der Waals surface area contributed by atoms with Crippen molar-refractivity contribution in [3.8, 4) is 5.75 Å². The maximum absolute atomic E-state index is 12.5. The Hall–Kier alpha value is -2.47. The molecular formula is C16H13N3O2S. The molecule has 0 saturated heterocycles. The largest absolute Gasteiger partial charge is 0.497 e. The van der Waals surface area contributed by atoms with Crippen molar-refractivity contribution in [1.29, 1.82) is 0 Å². The van der Waals surface area contributed by atoms with E-state index in [9.17, 15) is 4.79 Å². The van der Waals surface area contributed by atoms with Crippen molar-refractivity contribution in [2.45, 2.75) is 4.87 Å². The molecule has 0 fully saturated rings. The molecule has 1 unspecified atom stereocenters. The average Bonchev–Trinajstić information content (AvgIpc) is 3.12. The van der Waals surface area contributed by atoms with Gasteiger partial charge in [-0.05, 0) is 18.2 Å². The first-order valence-corrected chi connectivity index (χ1v) is 7.64. The highest BCUT2D eigenvalue weighted by Crippen LogP contribution is 2.48. The van der Waals surface area contributed by atoms with Crippen molar-refractivity contribution >= 4 is 28.4 Å². The van der Waals surface area contributed by atoms with E-state index in [0.717, 1.165) is 21.9 Å². The van der Waals surface area contributed by atoms with Gasteiger partial charge >= 0.3 is 0 Å². The van der Waals surface area contributed by atoms with Crippen molar-refractivity contribution < 1.29 is 9.53 Å². The van der Waals surface area contributed by atoms with Crippen LogP contribution in [0.2, 0.25) is 0 Å². The van der Waals surface area contributed by atoms with Crippen molar-refractivity contribution in [2.75, 3.05) is 12.4 Å². The van der Waals surface area contributed by atoms with Gasteiger partial charge in [0.2, 0.25) is 4.87 Å². The van der Waals surface area contributed by atoms with E-state index in [2.05, 4.69) is 15.8 Å². The van der Waals surface area contributed by atoms with Crippen LogP contribution in [0.4, 0.5) is 5.69 Å². The molecule has 5 nitrogen and oxygen atoms in total. The standard InChI is InChI=1S/C16H13N3O2S/c1-21-11-7-8-13-12(9-11)16(15(20)17-13)19-18-14(22-16)10-5-3-2-4-6-10/h2-9,19H,1H3,(H,17,20). The van der Waals surface area contributed by atoms with Gasteiger partial charge in [-0.25, -0.2) is 0 Å². The second kappa shape index (κ2) is 4.78. The average molecular weight is 311 g/mol. The van der Waals surface area contributed by atoms with Gasteiger partial charge in [-0.2, -0.15) is 5.10 Å². The number of fused-ring (bicyclic) bond motifs is 2. The molecule has 4 rings (SSSR count). The third-order valence-electron chi connectivity index (χ3n) is 3.76. The zero-order valence-corrected chi connectivity index (χ0v) is 12.6. The number of hydrazone groups is 1. The summed E-state index contributed by atoms with van der Waals surface area (Å²) in [5, 5.41) is 8.07. The van der Waals surface area contributed by atoms with Crippen molar-refractivity contribution in [3.63, 3.8) is 0 Å². The lowest BCUT2D eigenvalue weighted by molar-refractivity contribution is -0.118. The Balaban J connectivity index is 1.74. The number of benzene rings is 2. The van der Waals surface area contributed by atoms with Crippen LogP contribution in [0.5, 0.6) is 5.75 Å². The number of thioether (sulfide) groups is 1. The van der Waals surface area contributed by atoms with E-state index in [1.807, 2.05) is 48.5 Å². The number of hydrogen-bond donors (Lipinski definition) is 2. The molecule has 6 heteroatoms. The first kappa shape index (κ1) is 13.2. The van der Waals surface area contributed by atoms with E-state index >= 15 is 0 Å². The van der Waals surface area contributed by atoms with Gasteiger partial charge in [0, 0.05) is 16.8 Å². The summed E-state index contributed by atoms with van der Waals surface area (Å²) in [6.45, 7) is 0. The number of anilines is 1. The van der Waals surface area contributed by atoms with Gasteiger partial charge in [0.05, 0.1) is 7.11 Å². The topological polar surface area (TPSA) is 62.7 Å². The van der Waals surface area contributed by atoms with Crippen molar-refractivity contribution in [2.24, 2.45) is 5.10 Å². The second-order valence-corrected chi connectivity index (χ2v) is 6.25. The van der Waals surface area contributed by atoms with Gasteiger partial charge in [0.15, 0.2) is 0 Å². The van der Waals surface area contributed by atoms with Gasteiger partial charge in [0.25, 0.3) is 5.91 Å². The molecule has 2 aromatic carbocycles. The normalized spacial score (nSPS) is 22.0. The number of carbonyl (C=O) groups is 1. The van der Waals surface area contributed by atoms with Crippen LogP contribution < -0.4 is 15.5 Å². The lowest BCUT2D eigenvalue weighted by atomic mass is 10.1. The van der Waals surface area contributed by atoms with Crippen LogP contribution in [-0.2, 0) is 9.67 Å². The molecule has 2 aliphatic rings. The third-order valence-corrected chi connectivity index (χ3v) is 5.08. The van der Waals surface area contributed by atoms with E-state index in [4.69, 9.17) is 4.74 Å². The number of nitrogens with one attached hydrogen (secondary N) is 2. The quantitative estimate of drug-likeness (QED) is 0.894. The molecule has 1 amide bonds. The van der Waals surface area contributed by atoms with E-state index in [1.54, 1.807) is 7.11 Å². The molecule has 0 radical (unpaired) electrons. The molecular weight excluding hydrogens is 298 g/mol. The Morgan fingerprint density at radius 2 is 2.00 bits per heavy atom. The SMILES string of the molecule is COc1ccc2c(c1)C1(NN=C(c3ccccc3)S1)C(=O)N2. The van der Waals surface area contributed by atoms with Crippen LogP contribution in [0.25, 0.3) is 0 Å². The summed E-state index contributed by atoms with van der Waals surface area (Å²) in [4.78, 5) is 11.6. The van der Waals surface area contributed by atoms with Gasteiger partial charge in [0.1, 0.15) is 10.8 Å². The van der Waals surface area contributed by atoms with E-state index in [0.29, 0.717) is 5.75 Å². The predicted molar refractivity (Wildman–Crippen MR) is 87.0 cm³/mol. The van der Waals surface area contributed by atoms with Gasteiger partial charge < -0.3 is 10.1 Å². The van der Waals surface area contributed by atoms with Crippen LogP contribution in [0.3, 0.4) is 0 Å². The highest BCUT2D eigenvalue weighted by Gasteiger charge is 2.52. The summed E-state index contributed by atoms with van der Waals surface area (Å²) in [6, 6.07) is 15.4. The van der Waals surface area contributed by atoms with Crippen LogP contribution >= 0.6 is 11.8 Å². The van der Waals surface area contributed by atoms with Gasteiger partial charge in [-0.3, -0.25) is 10.2 Å². The summed E-state index contributed by atoms with van der Waals surface area (Å²) < 4.78 is 5.28. The van der Waals surface area contributed by atoms with Gasteiger partial charge in [-0.15, -0.1) is 0 Å². The van der Waals surface area contributed by atoms with Crippen LogP contribution in [0.15, 0.2) is 53.6 Å². The molecule has 0 saturated carbocycles. The van der Waals surface area contributed by atoms with Crippen molar-refractivity contribution in [3.05, 3.63) is 59.7 Å². The Labute approximate surface area is 131 Å². The minimum Gasteiger partial charge on any atom is -0.497 e. The maximum Gasteiger partial charge on any atom is 0.267 e. The summed E-state index contributed by atoms with van der Waals surface area (Å²) in [6.07, 6.45) is 0. The molecule has 22 heavy (non-hydrogen) atoms. The monoisotopic (exact) mass is 311 g/mol. The fourth-order valence-electron chi connectivity index (χ4n) is 2.62. The number of carbonyl (C=O) groups excluding carboxylic acids is 1. The number of rotatable bonds is 2. The van der Waals surface area contributed by atoms with Crippen LogP contribution in [0.1, 0.15) is 11.1 Å². The summed E-state index contributed by atoms with van der Waals surface area (Å²) >= 11 is 1.41. The minimum atomic E-state index is -0.922. The molecule has 1 spiro atoms. The molecule has 2 aromatic rings. The Morgan fingerprint density at radius 1 is 1.18 bits per heavy atom. The highest BCUT2D eigenvalue weighted by molar-refractivity contribution is 8.16. The fraction of sp³-hybridized carbons (Fsp3) is 0.125. The number of methoxy groups -OCH3 is 1. The lowest BCUT2D eigenvalue weighted by Crippen LogP contribution is -2.39. The molecule has 0 aromatic heterocycles. The number of nitrogens with zero attached hydrogens (tertiary/aromatic N) is 1. The molecule has 0 aliphatic carbocycles. The van der Waals surface area contributed by atoms with Crippen LogP contribution in [-0.4, -0.2) is 18.1 Å². The molecule has 1 atom stereocenters. The molecule has 2 aliphatic heterocycles. The number of hydrogen-bond acceptors (Lipinski definition) is 5. The molecule has 2 heterocycles. The van der Waals surface area contributed by atoms with E-state index < -0.39 is 4.87 Å². The zero-order chi connectivity index (χ0) is 15.2. The lowest BCUT2D eigenvalue weighted by Gasteiger charge is -2.20. The Morgan fingerprint density at radius 3 is 2.77 bits per heavy atom. The fourth-order valence-corrected chi connectivity index (χ4v) is 3.77. The zero-order valence-electron chi connectivity index (χ0n) is 11.8. The first-order chi connectivity index (χ1) is 10.7. The third kappa shape index (κ3) is 1.80. The first-order valence-electron chi connectivity index (χ1n) is 6.82. The number of amides is 1. The second-order valence-electron chi connectivity index (χ2n) is 5.04. The summed E-state index contributed by atoms with van der Waals surface area (Å²) in [5.74, 6) is 0.598. The number of ether oxygens (including phenoxy) is 1. The molecule has 110 valence electrons. The summed E-state index contributed by atoms with van der Waals surface area (Å²) in [5.41, 5.74) is 5.64. The summed E-state index contributed by atoms with van der Waals surface area (Å²) in [7, 11) is 1.61. The van der Waals surface area contributed by atoms with Crippen molar-refractivity contribution in [1.82, 2.24) is 5.43 Å². The Kier molecular flexibility index (Phi) is 2.87. The van der Waals surface area contributed by atoms with Crippen LogP contribution in [0, 0.1) is 0 Å². The Bertz CT molecular complexity index is 791. The smallest absolute Gasteiger partial charge is 0.267 e. The van der Waals surface area contributed by atoms with Gasteiger partial charge in [-0.1, -0.05) is 42.1 Å². The minimum absolute atomic E-state index is 0.115. The van der Waals surface area contributed by atoms with E-state index in [1.165, 1.54) is 11.8 Å².